The van der Waals surface area contributed by atoms with Crippen molar-refractivity contribution in [2.75, 3.05) is 23.3 Å². The second kappa shape index (κ2) is 7.35. The Morgan fingerprint density at radius 3 is 2.83 bits per heavy atom. The van der Waals surface area contributed by atoms with Gasteiger partial charge in [0, 0.05) is 18.8 Å². The van der Waals surface area contributed by atoms with Crippen molar-refractivity contribution >= 4 is 23.0 Å². The van der Waals surface area contributed by atoms with Gasteiger partial charge in [0.15, 0.2) is 0 Å². The molecule has 7 nitrogen and oxygen atoms in total. The molecule has 1 heterocycles. The molecule has 1 aromatic heterocycles. The summed E-state index contributed by atoms with van der Waals surface area (Å²) in [5, 5.41) is 14.4. The van der Waals surface area contributed by atoms with Gasteiger partial charge in [0.1, 0.15) is 6.33 Å². The van der Waals surface area contributed by atoms with Gasteiger partial charge in [0.2, 0.25) is 11.6 Å². The smallest absolute Gasteiger partial charge is 0.353 e. The van der Waals surface area contributed by atoms with E-state index in [2.05, 4.69) is 21.9 Å². The molecule has 1 aromatic carbocycles. The van der Waals surface area contributed by atoms with Crippen LogP contribution < -0.4 is 10.2 Å². The molecule has 0 aliphatic heterocycles. The standard InChI is InChI=1S/C16H19N5O2/c1-4-9-17-15-14(21(22)23)16(19-11-18-15)20(5-2)13-8-6-7-12(3)10-13/h4,6-8,10-11H,1,5,9H2,2-3H3,(H,17,18,19). The molecular formula is C16H19N5O2. The van der Waals surface area contributed by atoms with E-state index in [1.165, 1.54) is 6.33 Å². The number of nitro groups is 1. The lowest BCUT2D eigenvalue weighted by atomic mass is 10.2. The first-order chi connectivity index (χ1) is 11.1. The number of aryl methyl sites for hydroxylation is 1. The van der Waals surface area contributed by atoms with Crippen LogP contribution in [0.5, 0.6) is 0 Å². The summed E-state index contributed by atoms with van der Waals surface area (Å²) < 4.78 is 0. The molecule has 0 saturated carbocycles. The van der Waals surface area contributed by atoms with Gasteiger partial charge in [0.25, 0.3) is 0 Å². The Morgan fingerprint density at radius 2 is 2.22 bits per heavy atom. The monoisotopic (exact) mass is 313 g/mol. The highest BCUT2D eigenvalue weighted by Gasteiger charge is 2.27. The van der Waals surface area contributed by atoms with Gasteiger partial charge in [-0.2, -0.15) is 0 Å². The zero-order valence-electron chi connectivity index (χ0n) is 13.2. The average Bonchev–Trinajstić information content (AvgIpc) is 2.53. The summed E-state index contributed by atoms with van der Waals surface area (Å²) in [7, 11) is 0. The third-order valence-corrected chi connectivity index (χ3v) is 3.28. The summed E-state index contributed by atoms with van der Waals surface area (Å²) >= 11 is 0. The van der Waals surface area contributed by atoms with Gasteiger partial charge in [-0.1, -0.05) is 18.2 Å². The normalized spacial score (nSPS) is 10.2. The molecule has 2 rings (SSSR count). The van der Waals surface area contributed by atoms with E-state index in [-0.39, 0.29) is 17.3 Å². The quantitative estimate of drug-likeness (QED) is 0.479. The van der Waals surface area contributed by atoms with Crippen LogP contribution in [0, 0.1) is 17.0 Å². The van der Waals surface area contributed by atoms with Gasteiger partial charge >= 0.3 is 5.69 Å². The lowest BCUT2D eigenvalue weighted by Crippen LogP contribution is -2.20. The van der Waals surface area contributed by atoms with Crippen LogP contribution in [0.1, 0.15) is 12.5 Å². The highest BCUT2D eigenvalue weighted by atomic mass is 16.6. The van der Waals surface area contributed by atoms with Crippen LogP contribution in [-0.2, 0) is 0 Å². The van der Waals surface area contributed by atoms with E-state index in [1.54, 1.807) is 11.0 Å². The number of anilines is 3. The van der Waals surface area contributed by atoms with Crippen molar-refractivity contribution in [3.05, 3.63) is 58.9 Å². The molecule has 7 heteroatoms. The Bertz CT molecular complexity index is 717. The minimum atomic E-state index is -0.459. The molecule has 0 unspecified atom stereocenters. The van der Waals surface area contributed by atoms with Crippen molar-refractivity contribution in [2.45, 2.75) is 13.8 Å². The maximum absolute atomic E-state index is 11.6. The molecule has 0 aliphatic rings. The summed E-state index contributed by atoms with van der Waals surface area (Å²) in [6, 6.07) is 7.76. The maximum atomic E-state index is 11.6. The summed E-state index contributed by atoms with van der Waals surface area (Å²) in [4.78, 5) is 21.0. The van der Waals surface area contributed by atoms with E-state index in [4.69, 9.17) is 0 Å². The topological polar surface area (TPSA) is 84.2 Å². The lowest BCUT2D eigenvalue weighted by Gasteiger charge is -2.22. The van der Waals surface area contributed by atoms with E-state index in [0.717, 1.165) is 11.3 Å². The number of hydrogen-bond acceptors (Lipinski definition) is 6. The fourth-order valence-corrected chi connectivity index (χ4v) is 2.28. The molecule has 120 valence electrons. The molecule has 0 spiro atoms. The third kappa shape index (κ3) is 3.63. The van der Waals surface area contributed by atoms with Crippen LogP contribution in [-0.4, -0.2) is 28.0 Å². The van der Waals surface area contributed by atoms with Gasteiger partial charge in [-0.25, -0.2) is 9.97 Å². The predicted molar refractivity (Wildman–Crippen MR) is 91.2 cm³/mol. The van der Waals surface area contributed by atoms with Crippen LogP contribution in [0.4, 0.5) is 23.0 Å². The molecule has 0 saturated heterocycles. The number of nitrogens with one attached hydrogen (secondary N) is 1. The van der Waals surface area contributed by atoms with Crippen LogP contribution >= 0.6 is 0 Å². The molecule has 0 atom stereocenters. The Kier molecular flexibility index (Phi) is 5.24. The first kappa shape index (κ1) is 16.4. The van der Waals surface area contributed by atoms with E-state index in [9.17, 15) is 10.1 Å². The lowest BCUT2D eigenvalue weighted by molar-refractivity contribution is -0.383. The first-order valence-corrected chi connectivity index (χ1v) is 7.26. The van der Waals surface area contributed by atoms with Crippen molar-refractivity contribution < 1.29 is 4.92 Å². The maximum Gasteiger partial charge on any atom is 0.353 e. The summed E-state index contributed by atoms with van der Waals surface area (Å²) in [6.07, 6.45) is 2.94. The Hall–Kier alpha value is -2.96. The van der Waals surface area contributed by atoms with Crippen molar-refractivity contribution in [3.8, 4) is 0 Å². The number of aromatic nitrogens is 2. The van der Waals surface area contributed by atoms with Crippen LogP contribution in [0.2, 0.25) is 0 Å². The molecule has 0 radical (unpaired) electrons. The van der Waals surface area contributed by atoms with Gasteiger partial charge < -0.3 is 10.2 Å². The van der Waals surface area contributed by atoms with Crippen LogP contribution in [0.3, 0.4) is 0 Å². The van der Waals surface area contributed by atoms with E-state index < -0.39 is 4.92 Å². The van der Waals surface area contributed by atoms with Gasteiger partial charge in [0.05, 0.1) is 4.92 Å². The highest BCUT2D eigenvalue weighted by molar-refractivity contribution is 5.75. The molecule has 0 amide bonds. The fourth-order valence-electron chi connectivity index (χ4n) is 2.28. The molecule has 0 bridgehead atoms. The largest absolute Gasteiger partial charge is 0.361 e. The molecule has 0 aliphatic carbocycles. The first-order valence-electron chi connectivity index (χ1n) is 7.26. The van der Waals surface area contributed by atoms with Gasteiger partial charge in [-0.3, -0.25) is 10.1 Å². The van der Waals surface area contributed by atoms with Crippen LogP contribution in [0.15, 0.2) is 43.2 Å². The van der Waals surface area contributed by atoms with Crippen molar-refractivity contribution in [3.63, 3.8) is 0 Å². The molecule has 2 aromatic rings. The Morgan fingerprint density at radius 1 is 1.43 bits per heavy atom. The molecule has 23 heavy (non-hydrogen) atoms. The predicted octanol–water partition coefficient (Wildman–Crippen LogP) is 3.45. The summed E-state index contributed by atoms with van der Waals surface area (Å²) in [5.74, 6) is 0.454. The number of hydrogen-bond donors (Lipinski definition) is 1. The van der Waals surface area contributed by atoms with Gasteiger partial charge in [-0.15, -0.1) is 6.58 Å². The Balaban J connectivity index is 2.55. The van der Waals surface area contributed by atoms with Crippen molar-refractivity contribution in [1.29, 1.82) is 0 Å². The number of rotatable bonds is 7. The van der Waals surface area contributed by atoms with Crippen molar-refractivity contribution in [2.24, 2.45) is 0 Å². The number of nitrogens with zero attached hydrogens (tertiary/aromatic N) is 4. The zero-order chi connectivity index (χ0) is 16.8. The molecule has 0 fully saturated rings. The Labute approximate surface area is 134 Å². The summed E-state index contributed by atoms with van der Waals surface area (Å²) in [5.41, 5.74) is 1.78. The van der Waals surface area contributed by atoms with Crippen molar-refractivity contribution in [1.82, 2.24) is 9.97 Å². The highest BCUT2D eigenvalue weighted by Crippen LogP contribution is 2.35. The van der Waals surface area contributed by atoms with Gasteiger partial charge in [-0.05, 0) is 31.5 Å². The van der Waals surface area contributed by atoms with E-state index in [1.807, 2.05) is 38.1 Å². The SMILES string of the molecule is C=CCNc1ncnc(N(CC)c2cccc(C)c2)c1[N+](=O)[O-]. The average molecular weight is 313 g/mol. The molecule has 1 N–H and O–H groups in total. The van der Waals surface area contributed by atoms with Crippen LogP contribution in [0.25, 0.3) is 0 Å². The second-order valence-electron chi connectivity index (χ2n) is 4.90. The third-order valence-electron chi connectivity index (χ3n) is 3.28. The second-order valence-corrected chi connectivity index (χ2v) is 4.90. The summed E-state index contributed by atoms with van der Waals surface area (Å²) in [6.45, 7) is 8.42. The zero-order valence-corrected chi connectivity index (χ0v) is 13.2. The molecular weight excluding hydrogens is 294 g/mol. The van der Waals surface area contributed by atoms with E-state index >= 15 is 0 Å². The fraction of sp³-hybridized carbons (Fsp3) is 0.250. The number of benzene rings is 1. The minimum absolute atomic E-state index is 0.141. The van der Waals surface area contributed by atoms with E-state index in [0.29, 0.717) is 13.1 Å². The minimum Gasteiger partial charge on any atom is -0.361 e.